The van der Waals surface area contributed by atoms with E-state index in [-0.39, 0.29) is 0 Å². The smallest absolute Gasteiger partial charge is 0.122 e. The molecular formula is C12H23N3O3. The Bertz CT molecular complexity index is 330. The predicted molar refractivity (Wildman–Crippen MR) is 68.2 cm³/mol. The Kier molecular flexibility index (Phi) is 6.89. The van der Waals surface area contributed by atoms with Gasteiger partial charge in [0.1, 0.15) is 5.82 Å². The highest BCUT2D eigenvalue weighted by atomic mass is 16.5. The standard InChI is InChI=1S/C12H23N3O3/c1-14(9-12-13-4-5-15(12)2)8-11(16)10-18-7-6-17-3/h4-5,11,16H,6-10H2,1-3H3. The minimum absolute atomic E-state index is 0.328. The molecule has 1 unspecified atom stereocenters. The molecule has 1 N–H and O–H groups in total. The Balaban J connectivity index is 2.19. The van der Waals surface area contributed by atoms with Crippen LogP contribution in [0.5, 0.6) is 0 Å². The monoisotopic (exact) mass is 257 g/mol. The first-order valence-electron chi connectivity index (χ1n) is 6.03. The first kappa shape index (κ1) is 15.1. The van der Waals surface area contributed by atoms with Gasteiger partial charge in [-0.1, -0.05) is 0 Å². The summed E-state index contributed by atoms with van der Waals surface area (Å²) >= 11 is 0. The van der Waals surface area contributed by atoms with Crippen molar-refractivity contribution >= 4 is 0 Å². The van der Waals surface area contributed by atoms with E-state index in [1.54, 1.807) is 13.3 Å². The summed E-state index contributed by atoms with van der Waals surface area (Å²) in [6.07, 6.45) is 3.19. The zero-order valence-corrected chi connectivity index (χ0v) is 11.4. The number of aliphatic hydroxyl groups is 1. The fourth-order valence-corrected chi connectivity index (χ4v) is 1.63. The molecule has 0 aliphatic heterocycles. The van der Waals surface area contributed by atoms with Crippen molar-refractivity contribution in [3.05, 3.63) is 18.2 Å². The summed E-state index contributed by atoms with van der Waals surface area (Å²) in [5.41, 5.74) is 0. The lowest BCUT2D eigenvalue weighted by atomic mass is 10.3. The molecule has 0 aliphatic rings. The summed E-state index contributed by atoms with van der Waals surface area (Å²) in [5.74, 6) is 0.977. The maximum Gasteiger partial charge on any atom is 0.122 e. The molecule has 0 radical (unpaired) electrons. The zero-order valence-electron chi connectivity index (χ0n) is 11.4. The predicted octanol–water partition coefficient (Wildman–Crippen LogP) is -0.124. The lowest BCUT2D eigenvalue weighted by Gasteiger charge is -2.20. The average Bonchev–Trinajstić information content (AvgIpc) is 2.70. The second kappa shape index (κ2) is 8.20. The van der Waals surface area contributed by atoms with Crippen molar-refractivity contribution in [3.8, 4) is 0 Å². The van der Waals surface area contributed by atoms with Gasteiger partial charge in [0.05, 0.1) is 32.5 Å². The Morgan fingerprint density at radius 3 is 2.89 bits per heavy atom. The van der Waals surface area contributed by atoms with Gasteiger partial charge in [-0.05, 0) is 7.05 Å². The van der Waals surface area contributed by atoms with Crippen LogP contribution in [-0.2, 0) is 23.1 Å². The molecule has 0 bridgehead atoms. The summed E-state index contributed by atoms with van der Waals surface area (Å²) in [6.45, 7) is 2.65. The Morgan fingerprint density at radius 1 is 1.50 bits per heavy atom. The molecule has 0 amide bonds. The summed E-state index contributed by atoms with van der Waals surface area (Å²) in [4.78, 5) is 6.26. The van der Waals surface area contributed by atoms with E-state index in [9.17, 15) is 5.11 Å². The van der Waals surface area contributed by atoms with E-state index in [1.807, 2.05) is 29.8 Å². The third kappa shape index (κ3) is 5.59. The van der Waals surface area contributed by atoms with Crippen LogP contribution in [0.1, 0.15) is 5.82 Å². The van der Waals surface area contributed by atoms with Crippen molar-refractivity contribution in [2.75, 3.05) is 40.5 Å². The molecule has 6 nitrogen and oxygen atoms in total. The van der Waals surface area contributed by atoms with E-state index in [0.717, 1.165) is 5.82 Å². The summed E-state index contributed by atoms with van der Waals surface area (Å²) in [7, 11) is 5.54. The third-order valence-electron chi connectivity index (χ3n) is 2.60. The van der Waals surface area contributed by atoms with Crippen LogP contribution in [0.2, 0.25) is 0 Å². The molecule has 0 aromatic carbocycles. The van der Waals surface area contributed by atoms with Crippen molar-refractivity contribution < 1.29 is 14.6 Å². The van der Waals surface area contributed by atoms with Gasteiger partial charge in [-0.25, -0.2) is 4.98 Å². The van der Waals surface area contributed by atoms with Crippen LogP contribution >= 0.6 is 0 Å². The average molecular weight is 257 g/mol. The highest BCUT2D eigenvalue weighted by molar-refractivity contribution is 4.90. The van der Waals surface area contributed by atoms with Gasteiger partial charge in [0, 0.05) is 33.1 Å². The molecule has 0 aliphatic carbocycles. The molecule has 1 aromatic heterocycles. The third-order valence-corrected chi connectivity index (χ3v) is 2.60. The van der Waals surface area contributed by atoms with Gasteiger partial charge < -0.3 is 19.1 Å². The van der Waals surface area contributed by atoms with E-state index in [2.05, 4.69) is 4.98 Å². The number of methoxy groups -OCH3 is 1. The van der Waals surface area contributed by atoms with Gasteiger partial charge in [-0.15, -0.1) is 0 Å². The molecular weight excluding hydrogens is 234 g/mol. The lowest BCUT2D eigenvalue weighted by Crippen LogP contribution is -2.32. The zero-order chi connectivity index (χ0) is 13.4. The minimum Gasteiger partial charge on any atom is -0.389 e. The molecule has 0 saturated heterocycles. The summed E-state index contributed by atoms with van der Waals surface area (Å²) < 4.78 is 12.1. The van der Waals surface area contributed by atoms with Crippen molar-refractivity contribution in [2.45, 2.75) is 12.6 Å². The van der Waals surface area contributed by atoms with E-state index < -0.39 is 6.10 Å². The highest BCUT2D eigenvalue weighted by Crippen LogP contribution is 2.00. The summed E-state index contributed by atoms with van der Waals surface area (Å²) in [5, 5.41) is 9.78. The number of aliphatic hydroxyl groups excluding tert-OH is 1. The van der Waals surface area contributed by atoms with Crippen molar-refractivity contribution in [3.63, 3.8) is 0 Å². The summed E-state index contributed by atoms with van der Waals surface area (Å²) in [6, 6.07) is 0. The van der Waals surface area contributed by atoms with Gasteiger partial charge >= 0.3 is 0 Å². The van der Waals surface area contributed by atoms with Crippen LogP contribution in [0.25, 0.3) is 0 Å². The van der Waals surface area contributed by atoms with E-state index in [4.69, 9.17) is 9.47 Å². The molecule has 18 heavy (non-hydrogen) atoms. The second-order valence-corrected chi connectivity index (χ2v) is 4.37. The molecule has 0 spiro atoms. The topological polar surface area (TPSA) is 59.8 Å². The lowest BCUT2D eigenvalue weighted by molar-refractivity contribution is 0.00131. The number of aromatic nitrogens is 2. The number of likely N-dealkylation sites (N-methyl/N-ethyl adjacent to an activating group) is 1. The number of nitrogens with zero attached hydrogens (tertiary/aromatic N) is 3. The number of hydrogen-bond donors (Lipinski definition) is 1. The maximum atomic E-state index is 9.78. The van der Waals surface area contributed by atoms with Crippen LogP contribution in [0.4, 0.5) is 0 Å². The van der Waals surface area contributed by atoms with Crippen molar-refractivity contribution in [1.29, 1.82) is 0 Å². The minimum atomic E-state index is -0.493. The fraction of sp³-hybridized carbons (Fsp3) is 0.750. The van der Waals surface area contributed by atoms with Gasteiger partial charge in [0.2, 0.25) is 0 Å². The largest absolute Gasteiger partial charge is 0.389 e. The number of rotatable bonds is 9. The number of aryl methyl sites for hydroxylation is 1. The number of ether oxygens (including phenoxy) is 2. The van der Waals surface area contributed by atoms with Gasteiger partial charge in [0.15, 0.2) is 0 Å². The van der Waals surface area contributed by atoms with Crippen LogP contribution in [-0.4, -0.2) is 66.2 Å². The fourth-order valence-electron chi connectivity index (χ4n) is 1.63. The second-order valence-electron chi connectivity index (χ2n) is 4.37. The SMILES string of the molecule is COCCOCC(O)CN(C)Cc1nccn1C. The highest BCUT2D eigenvalue weighted by Gasteiger charge is 2.10. The van der Waals surface area contributed by atoms with Crippen LogP contribution in [0, 0.1) is 0 Å². The van der Waals surface area contributed by atoms with Gasteiger partial charge in [-0.2, -0.15) is 0 Å². The Hall–Kier alpha value is -0.950. The first-order chi connectivity index (χ1) is 8.63. The van der Waals surface area contributed by atoms with Crippen LogP contribution in [0.3, 0.4) is 0 Å². The van der Waals surface area contributed by atoms with Crippen molar-refractivity contribution in [1.82, 2.24) is 14.5 Å². The Morgan fingerprint density at radius 2 is 2.28 bits per heavy atom. The molecule has 1 heterocycles. The number of imidazole rings is 1. The first-order valence-corrected chi connectivity index (χ1v) is 6.03. The number of hydrogen-bond acceptors (Lipinski definition) is 5. The molecule has 0 saturated carbocycles. The van der Waals surface area contributed by atoms with E-state index >= 15 is 0 Å². The van der Waals surface area contributed by atoms with E-state index in [0.29, 0.717) is 32.9 Å². The molecule has 1 atom stereocenters. The Labute approximate surface area is 108 Å². The van der Waals surface area contributed by atoms with Crippen LogP contribution in [0.15, 0.2) is 12.4 Å². The molecule has 104 valence electrons. The maximum absolute atomic E-state index is 9.78. The molecule has 1 rings (SSSR count). The van der Waals surface area contributed by atoms with Gasteiger partial charge in [0.25, 0.3) is 0 Å². The molecule has 0 fully saturated rings. The van der Waals surface area contributed by atoms with Crippen molar-refractivity contribution in [2.24, 2.45) is 7.05 Å². The quantitative estimate of drug-likeness (QED) is 0.625. The van der Waals surface area contributed by atoms with Crippen LogP contribution < -0.4 is 0 Å². The molecule has 1 aromatic rings. The van der Waals surface area contributed by atoms with E-state index in [1.165, 1.54) is 0 Å². The normalized spacial score (nSPS) is 13.2. The molecule has 6 heteroatoms. The van der Waals surface area contributed by atoms with Gasteiger partial charge in [-0.3, -0.25) is 4.90 Å².